The summed E-state index contributed by atoms with van der Waals surface area (Å²) in [5.74, 6) is -1.05. The van der Waals surface area contributed by atoms with Crippen LogP contribution in [0.15, 0.2) is 58.6 Å². The number of sulfonamides is 1. The van der Waals surface area contributed by atoms with E-state index in [-0.39, 0.29) is 23.7 Å². The van der Waals surface area contributed by atoms with E-state index in [0.29, 0.717) is 23.4 Å². The van der Waals surface area contributed by atoms with Gasteiger partial charge in [-0.2, -0.15) is 4.31 Å². The van der Waals surface area contributed by atoms with Crippen LogP contribution in [0.1, 0.15) is 18.4 Å². The molecular weight excluding hydrogens is 434 g/mol. The van der Waals surface area contributed by atoms with E-state index in [1.54, 1.807) is 6.07 Å². The molecule has 1 saturated heterocycles. The van der Waals surface area contributed by atoms with Crippen LogP contribution in [-0.4, -0.2) is 42.9 Å². The van der Waals surface area contributed by atoms with Crippen molar-refractivity contribution in [3.05, 3.63) is 69.2 Å². The Kier molecular flexibility index (Phi) is 6.80. The predicted octanol–water partition coefficient (Wildman–Crippen LogP) is 3.23. The van der Waals surface area contributed by atoms with Gasteiger partial charge in [0.05, 0.1) is 22.0 Å². The van der Waals surface area contributed by atoms with Gasteiger partial charge in [0.15, 0.2) is 0 Å². The zero-order chi connectivity index (χ0) is 21.7. The van der Waals surface area contributed by atoms with E-state index in [1.165, 1.54) is 53.0 Å². The number of rotatable bonds is 6. The van der Waals surface area contributed by atoms with Crippen molar-refractivity contribution < 1.29 is 23.0 Å². The van der Waals surface area contributed by atoms with Gasteiger partial charge in [0, 0.05) is 35.8 Å². The second-order valence-electron chi connectivity index (χ2n) is 6.63. The quantitative estimate of drug-likeness (QED) is 0.288. The molecule has 0 aliphatic carbocycles. The number of hydrogen-bond donors (Lipinski definition) is 0. The van der Waals surface area contributed by atoms with E-state index in [9.17, 15) is 23.3 Å². The fraction of sp³-hybridized carbons (Fsp3) is 0.263. The maximum atomic E-state index is 12.7. The highest BCUT2D eigenvalue weighted by Gasteiger charge is 2.33. The number of oxime groups is 1. The lowest BCUT2D eigenvalue weighted by atomic mass is 9.99. The van der Waals surface area contributed by atoms with Gasteiger partial charge in [-0.15, -0.1) is 0 Å². The zero-order valence-electron chi connectivity index (χ0n) is 15.7. The first-order valence-electron chi connectivity index (χ1n) is 9.02. The molecule has 0 saturated carbocycles. The largest absolute Gasteiger partial charge is 0.338 e. The van der Waals surface area contributed by atoms with Crippen molar-refractivity contribution in [1.29, 1.82) is 0 Å². The number of hydrogen-bond acceptors (Lipinski definition) is 7. The molecule has 0 radical (unpaired) electrons. The topological polar surface area (TPSA) is 119 Å². The summed E-state index contributed by atoms with van der Waals surface area (Å²) in [6.07, 6.45) is 1.82. The summed E-state index contributed by atoms with van der Waals surface area (Å²) < 4.78 is 26.7. The van der Waals surface area contributed by atoms with Crippen LogP contribution in [0.2, 0.25) is 5.02 Å². The Balaban J connectivity index is 1.54. The third kappa shape index (κ3) is 5.21. The monoisotopic (exact) mass is 451 g/mol. The number of non-ortho nitro benzene ring substituents is 1. The van der Waals surface area contributed by atoms with Crippen molar-refractivity contribution in [3.8, 4) is 0 Å². The molecule has 11 heteroatoms. The second kappa shape index (κ2) is 9.33. The van der Waals surface area contributed by atoms with E-state index >= 15 is 0 Å². The van der Waals surface area contributed by atoms with Gasteiger partial charge in [-0.3, -0.25) is 10.1 Å². The summed E-state index contributed by atoms with van der Waals surface area (Å²) >= 11 is 5.80. The maximum Gasteiger partial charge on any atom is 0.338 e. The van der Waals surface area contributed by atoms with Crippen molar-refractivity contribution in [1.82, 2.24) is 4.31 Å². The Hall–Kier alpha value is -2.82. The number of nitro benzene ring substituents is 1. The third-order valence-corrected chi connectivity index (χ3v) is 6.83. The average molecular weight is 452 g/mol. The highest BCUT2D eigenvalue weighted by molar-refractivity contribution is 7.89. The molecule has 30 heavy (non-hydrogen) atoms. The molecule has 1 aliphatic heterocycles. The van der Waals surface area contributed by atoms with E-state index in [0.717, 1.165) is 0 Å². The molecule has 0 bridgehead atoms. The van der Waals surface area contributed by atoms with Gasteiger partial charge < -0.3 is 4.84 Å². The van der Waals surface area contributed by atoms with Crippen molar-refractivity contribution in [3.63, 3.8) is 0 Å². The lowest BCUT2D eigenvalue weighted by Gasteiger charge is -2.29. The number of carbonyl (C=O) groups excluding carboxylic acids is 1. The van der Waals surface area contributed by atoms with Crippen LogP contribution >= 0.6 is 11.6 Å². The lowest BCUT2D eigenvalue weighted by Crippen LogP contribution is -2.40. The van der Waals surface area contributed by atoms with Crippen LogP contribution < -0.4 is 0 Å². The van der Waals surface area contributed by atoms with Crippen LogP contribution in [0, 0.1) is 16.0 Å². The molecule has 1 fully saturated rings. The molecule has 0 N–H and O–H groups in total. The summed E-state index contributed by atoms with van der Waals surface area (Å²) in [6, 6.07) is 11.6. The summed E-state index contributed by atoms with van der Waals surface area (Å²) in [7, 11) is -3.65. The SMILES string of the molecule is O=C(ON=Cc1cccc([N+](=O)[O-])c1)C1CCN(S(=O)(=O)c2ccc(Cl)cc2)CC1. The van der Waals surface area contributed by atoms with Gasteiger partial charge in [0.25, 0.3) is 5.69 Å². The first kappa shape index (κ1) is 21.9. The number of benzene rings is 2. The van der Waals surface area contributed by atoms with E-state index < -0.39 is 26.8 Å². The molecule has 0 atom stereocenters. The Morgan fingerprint density at radius 1 is 1.20 bits per heavy atom. The smallest absolute Gasteiger partial charge is 0.318 e. The third-order valence-electron chi connectivity index (χ3n) is 4.66. The van der Waals surface area contributed by atoms with E-state index in [2.05, 4.69) is 5.16 Å². The molecule has 9 nitrogen and oxygen atoms in total. The molecule has 0 unspecified atom stereocenters. The number of piperidine rings is 1. The number of nitrogens with zero attached hydrogens (tertiary/aromatic N) is 3. The highest BCUT2D eigenvalue weighted by atomic mass is 35.5. The van der Waals surface area contributed by atoms with Crippen LogP contribution in [0.3, 0.4) is 0 Å². The minimum absolute atomic E-state index is 0.0976. The minimum atomic E-state index is -3.65. The van der Waals surface area contributed by atoms with Gasteiger partial charge in [-0.25, -0.2) is 13.2 Å². The Morgan fingerprint density at radius 3 is 2.50 bits per heavy atom. The van der Waals surface area contributed by atoms with Crippen molar-refractivity contribution in [2.75, 3.05) is 13.1 Å². The molecule has 3 rings (SSSR count). The highest BCUT2D eigenvalue weighted by Crippen LogP contribution is 2.25. The molecule has 1 aliphatic rings. The molecule has 158 valence electrons. The molecule has 1 heterocycles. The van der Waals surface area contributed by atoms with Gasteiger partial charge in [0.1, 0.15) is 0 Å². The summed E-state index contributed by atoms with van der Waals surface area (Å²) in [5.41, 5.74) is 0.320. The van der Waals surface area contributed by atoms with Crippen LogP contribution in [-0.2, 0) is 19.7 Å². The molecular formula is C19H18ClN3O6S. The minimum Gasteiger partial charge on any atom is -0.318 e. The van der Waals surface area contributed by atoms with Crippen LogP contribution in [0.4, 0.5) is 5.69 Å². The van der Waals surface area contributed by atoms with Crippen LogP contribution in [0.25, 0.3) is 0 Å². The summed E-state index contributed by atoms with van der Waals surface area (Å²) in [6.45, 7) is 0.360. The summed E-state index contributed by atoms with van der Waals surface area (Å²) in [4.78, 5) is 27.5. The van der Waals surface area contributed by atoms with E-state index in [1.807, 2.05) is 0 Å². The van der Waals surface area contributed by atoms with Crippen LogP contribution in [0.5, 0.6) is 0 Å². The molecule has 2 aromatic carbocycles. The fourth-order valence-corrected chi connectivity index (χ4v) is 4.62. The number of halogens is 1. The maximum absolute atomic E-state index is 12.7. The normalized spacial score (nSPS) is 15.9. The van der Waals surface area contributed by atoms with E-state index in [4.69, 9.17) is 16.4 Å². The Labute approximate surface area is 178 Å². The Morgan fingerprint density at radius 2 is 1.87 bits per heavy atom. The number of nitro groups is 1. The first-order chi connectivity index (χ1) is 14.3. The fourth-order valence-electron chi connectivity index (χ4n) is 3.02. The Bertz CT molecular complexity index is 1060. The average Bonchev–Trinajstić information content (AvgIpc) is 2.74. The van der Waals surface area contributed by atoms with Crippen molar-refractivity contribution >= 4 is 39.5 Å². The predicted molar refractivity (Wildman–Crippen MR) is 110 cm³/mol. The van der Waals surface area contributed by atoms with Crippen molar-refractivity contribution in [2.24, 2.45) is 11.1 Å². The van der Waals surface area contributed by atoms with Gasteiger partial charge in [-0.1, -0.05) is 28.9 Å². The first-order valence-corrected chi connectivity index (χ1v) is 10.8. The molecule has 2 aromatic rings. The van der Waals surface area contributed by atoms with Gasteiger partial charge in [-0.05, 0) is 37.1 Å². The zero-order valence-corrected chi connectivity index (χ0v) is 17.3. The summed E-state index contributed by atoms with van der Waals surface area (Å²) in [5, 5.41) is 14.8. The van der Waals surface area contributed by atoms with Gasteiger partial charge in [0.2, 0.25) is 10.0 Å². The standard InChI is InChI=1S/C19H18ClN3O6S/c20-16-4-6-18(7-5-16)30(27,28)22-10-8-15(9-11-22)19(24)29-21-13-14-2-1-3-17(12-14)23(25)26/h1-7,12-13,15H,8-11H2. The molecule has 0 spiro atoms. The molecule has 0 amide bonds. The molecule has 0 aromatic heterocycles. The lowest BCUT2D eigenvalue weighted by molar-refractivity contribution is -0.384. The second-order valence-corrected chi connectivity index (χ2v) is 9.00. The van der Waals surface area contributed by atoms with Gasteiger partial charge >= 0.3 is 5.97 Å². The number of carbonyl (C=O) groups is 1. The van der Waals surface area contributed by atoms with Crippen molar-refractivity contribution in [2.45, 2.75) is 17.7 Å².